The van der Waals surface area contributed by atoms with Crippen molar-refractivity contribution in [3.63, 3.8) is 0 Å². The highest BCUT2D eigenvalue weighted by Crippen LogP contribution is 2.30. The van der Waals surface area contributed by atoms with Crippen molar-refractivity contribution in [3.8, 4) is 5.75 Å². The van der Waals surface area contributed by atoms with Gasteiger partial charge >= 0.3 is 24.2 Å². The molecular weight excluding hydrogens is 419 g/mol. The topological polar surface area (TPSA) is 90.9 Å². The van der Waals surface area contributed by atoms with Crippen LogP contribution in [0.3, 0.4) is 0 Å². The molecule has 0 aliphatic rings. The predicted molar refractivity (Wildman–Crippen MR) is 105 cm³/mol. The van der Waals surface area contributed by atoms with Crippen LogP contribution in [0.2, 0.25) is 0 Å². The Bertz CT molecular complexity index is 776. The number of hydrogen-bond donors (Lipinski definition) is 1. The number of alkyl halides is 3. The number of esters is 2. The molecule has 0 spiro atoms. The van der Waals surface area contributed by atoms with E-state index >= 15 is 0 Å². The molecule has 0 aliphatic heterocycles. The number of ether oxygens (including phenoxy) is 3. The first-order valence-corrected chi connectivity index (χ1v) is 9.56. The maximum Gasteiger partial charge on any atom is 0.416 e. The van der Waals surface area contributed by atoms with Gasteiger partial charge in [-0.1, -0.05) is 0 Å². The van der Waals surface area contributed by atoms with Gasteiger partial charge in [0.15, 0.2) is 0 Å². The molecule has 0 radical (unpaired) electrons. The number of amides is 1. The van der Waals surface area contributed by atoms with Gasteiger partial charge in [0.2, 0.25) is 0 Å². The predicted octanol–water partition coefficient (Wildman–Crippen LogP) is 4.63. The minimum atomic E-state index is -4.53. The maximum atomic E-state index is 12.7. The summed E-state index contributed by atoms with van der Waals surface area (Å²) in [6, 6.07) is 2.21. The molecule has 174 valence electrons. The highest BCUT2D eigenvalue weighted by atomic mass is 19.4. The van der Waals surface area contributed by atoms with Crippen LogP contribution >= 0.6 is 0 Å². The first kappa shape index (κ1) is 26.3. The number of carbonyl (C=O) groups is 3. The quantitative estimate of drug-likeness (QED) is 0.505. The van der Waals surface area contributed by atoms with E-state index in [0.717, 1.165) is 24.3 Å². The third-order valence-electron chi connectivity index (χ3n) is 3.43. The van der Waals surface area contributed by atoms with Crippen molar-refractivity contribution in [1.29, 1.82) is 0 Å². The highest BCUT2D eigenvalue weighted by molar-refractivity contribution is 5.83. The summed E-state index contributed by atoms with van der Waals surface area (Å²) >= 11 is 0. The molecule has 0 unspecified atom stereocenters. The van der Waals surface area contributed by atoms with Crippen molar-refractivity contribution in [2.24, 2.45) is 0 Å². The summed E-state index contributed by atoms with van der Waals surface area (Å²) in [5.74, 6) is -1.70. The normalized spacial score (nSPS) is 13.2. The third-order valence-corrected chi connectivity index (χ3v) is 3.43. The lowest BCUT2D eigenvalue weighted by Gasteiger charge is -2.23. The van der Waals surface area contributed by atoms with Crippen LogP contribution < -0.4 is 10.1 Å². The molecule has 0 aromatic heterocycles. The highest BCUT2D eigenvalue weighted by Gasteiger charge is 2.31. The molecule has 0 fully saturated rings. The zero-order valence-electron chi connectivity index (χ0n) is 18.4. The van der Waals surface area contributed by atoms with E-state index < -0.39 is 47.0 Å². The molecule has 1 N–H and O–H groups in total. The van der Waals surface area contributed by atoms with E-state index in [2.05, 4.69) is 5.32 Å². The first-order valence-electron chi connectivity index (χ1n) is 9.56. The first-order chi connectivity index (χ1) is 14.0. The number of halogens is 3. The van der Waals surface area contributed by atoms with Gasteiger partial charge in [0.1, 0.15) is 23.0 Å². The second-order valence-electron chi connectivity index (χ2n) is 8.77. The van der Waals surface area contributed by atoms with Crippen LogP contribution in [0.4, 0.5) is 18.0 Å². The average Bonchev–Trinajstić information content (AvgIpc) is 2.55. The van der Waals surface area contributed by atoms with Gasteiger partial charge in [-0.25, -0.2) is 9.59 Å². The minimum Gasteiger partial charge on any atom is -0.460 e. The fourth-order valence-electron chi connectivity index (χ4n) is 2.25. The van der Waals surface area contributed by atoms with Crippen molar-refractivity contribution in [3.05, 3.63) is 29.8 Å². The Kier molecular flexibility index (Phi) is 8.48. The van der Waals surface area contributed by atoms with E-state index in [9.17, 15) is 27.6 Å². The summed E-state index contributed by atoms with van der Waals surface area (Å²) in [7, 11) is 0. The molecule has 10 heteroatoms. The van der Waals surface area contributed by atoms with Crippen LogP contribution in [0, 0.1) is 0 Å². The van der Waals surface area contributed by atoms with Crippen LogP contribution in [0.1, 0.15) is 59.9 Å². The van der Waals surface area contributed by atoms with Gasteiger partial charge in [-0.05, 0) is 72.2 Å². The summed E-state index contributed by atoms with van der Waals surface area (Å²) in [6.45, 7) is 9.93. The van der Waals surface area contributed by atoms with E-state index in [0.29, 0.717) is 0 Å². The van der Waals surface area contributed by atoms with E-state index in [1.165, 1.54) is 0 Å². The smallest absolute Gasteiger partial charge is 0.416 e. The molecule has 7 nitrogen and oxygen atoms in total. The van der Waals surface area contributed by atoms with Crippen molar-refractivity contribution in [1.82, 2.24) is 5.32 Å². The van der Waals surface area contributed by atoms with E-state index in [-0.39, 0.29) is 18.6 Å². The molecule has 0 saturated carbocycles. The number of benzene rings is 1. The van der Waals surface area contributed by atoms with Gasteiger partial charge in [0, 0.05) is 6.42 Å². The SMILES string of the molecule is CC(C)(C)OC(=O)CC[C@H](NC(=O)OC(C)(C)C)C(=O)Oc1ccc(C(F)(F)F)cc1. The molecule has 1 aromatic rings. The van der Waals surface area contributed by atoms with Crippen LogP contribution in [0.5, 0.6) is 5.75 Å². The molecule has 0 heterocycles. The van der Waals surface area contributed by atoms with E-state index in [1.807, 2.05) is 0 Å². The Balaban J connectivity index is 2.88. The molecule has 31 heavy (non-hydrogen) atoms. The number of alkyl carbamates (subject to hydrolysis) is 1. The fraction of sp³-hybridized carbons (Fsp3) is 0.571. The zero-order chi connectivity index (χ0) is 24.0. The van der Waals surface area contributed by atoms with Gasteiger partial charge in [-0.2, -0.15) is 13.2 Å². The van der Waals surface area contributed by atoms with Gasteiger partial charge < -0.3 is 19.5 Å². The summed E-state index contributed by atoms with van der Waals surface area (Å²) < 4.78 is 53.4. The summed E-state index contributed by atoms with van der Waals surface area (Å²) in [5, 5.41) is 2.32. The zero-order valence-corrected chi connectivity index (χ0v) is 18.4. The summed E-state index contributed by atoms with van der Waals surface area (Å²) in [6.07, 6.45) is -5.81. The lowest BCUT2D eigenvalue weighted by Crippen LogP contribution is -2.45. The lowest BCUT2D eigenvalue weighted by atomic mass is 10.1. The molecule has 1 amide bonds. The van der Waals surface area contributed by atoms with E-state index in [4.69, 9.17) is 14.2 Å². The summed E-state index contributed by atoms with van der Waals surface area (Å²) in [4.78, 5) is 36.6. The molecular formula is C21H28F3NO6. The number of hydrogen-bond acceptors (Lipinski definition) is 6. The Morgan fingerprint density at radius 2 is 1.42 bits per heavy atom. The molecule has 0 aliphatic carbocycles. The average molecular weight is 447 g/mol. The van der Waals surface area contributed by atoms with Crippen molar-refractivity contribution >= 4 is 18.0 Å². The number of rotatable bonds is 6. The standard InChI is InChI=1S/C21H28F3NO6/c1-19(2,3)30-16(26)12-11-15(25-18(28)31-20(4,5)6)17(27)29-14-9-7-13(8-10-14)21(22,23)24/h7-10,15H,11-12H2,1-6H3,(H,25,28)/t15-/m0/s1. The lowest BCUT2D eigenvalue weighted by molar-refractivity contribution is -0.155. The van der Waals surface area contributed by atoms with Gasteiger partial charge in [-0.15, -0.1) is 0 Å². The van der Waals surface area contributed by atoms with Gasteiger partial charge in [0.25, 0.3) is 0 Å². The van der Waals surface area contributed by atoms with E-state index in [1.54, 1.807) is 41.5 Å². The van der Waals surface area contributed by atoms with Gasteiger partial charge in [-0.3, -0.25) is 4.79 Å². The summed E-state index contributed by atoms with van der Waals surface area (Å²) in [5.41, 5.74) is -2.47. The van der Waals surface area contributed by atoms with Crippen LogP contribution in [0.25, 0.3) is 0 Å². The number of nitrogens with one attached hydrogen (secondary N) is 1. The fourth-order valence-corrected chi connectivity index (χ4v) is 2.25. The Morgan fingerprint density at radius 3 is 1.87 bits per heavy atom. The van der Waals surface area contributed by atoms with Gasteiger partial charge in [0.05, 0.1) is 5.56 Å². The van der Waals surface area contributed by atoms with Crippen LogP contribution in [0.15, 0.2) is 24.3 Å². The van der Waals surface area contributed by atoms with Crippen LogP contribution in [-0.2, 0) is 25.2 Å². The minimum absolute atomic E-state index is 0.147. The monoisotopic (exact) mass is 447 g/mol. The second kappa shape index (κ2) is 10.0. The molecule has 1 rings (SSSR count). The Morgan fingerprint density at radius 1 is 0.903 bits per heavy atom. The number of carbonyl (C=O) groups excluding carboxylic acids is 3. The molecule has 0 bridgehead atoms. The Labute approximate surface area is 179 Å². The molecule has 1 atom stereocenters. The second-order valence-corrected chi connectivity index (χ2v) is 8.77. The molecule has 1 aromatic carbocycles. The Hall–Kier alpha value is -2.78. The largest absolute Gasteiger partial charge is 0.460 e. The van der Waals surface area contributed by atoms with Crippen molar-refractivity contribution < 1.29 is 41.8 Å². The van der Waals surface area contributed by atoms with Crippen molar-refractivity contribution in [2.45, 2.75) is 77.8 Å². The third kappa shape index (κ3) is 10.7. The maximum absolute atomic E-state index is 12.7. The van der Waals surface area contributed by atoms with Crippen molar-refractivity contribution in [2.75, 3.05) is 0 Å². The van der Waals surface area contributed by atoms with Crippen LogP contribution in [-0.4, -0.2) is 35.3 Å². The molecule has 0 saturated heterocycles.